The molecule has 0 radical (unpaired) electrons. The Morgan fingerprint density at radius 3 is 2.54 bits per heavy atom. The van der Waals surface area contributed by atoms with Crippen molar-refractivity contribution in [2.24, 2.45) is 5.73 Å². The number of hydrogen-bond donors (Lipinski definition) is 4. The summed E-state index contributed by atoms with van der Waals surface area (Å²) < 4.78 is 10.9. The number of ether oxygens (including phenoxy) is 2. The Kier molecular flexibility index (Phi) is 8.04. The Morgan fingerprint density at radius 1 is 0.971 bits per heavy atom. The molecule has 0 aromatic carbocycles. The van der Waals surface area contributed by atoms with Crippen molar-refractivity contribution in [1.82, 2.24) is 15.3 Å². The standard InChI is InChI=1S/C26H37ClN6O2/c27-22-15-29-25(32-19-6-4-18(5-7-19)31-20-8-11-35-16-20)14-21(22)23-2-1-3-24(33-23)30-17-26(28)9-12-34-13-10-26/h1-3,14-15,18-20,31H,4-13,16-17,28H2,(H,29,32)(H,30,33)/t18-,19-,20-/m0/s1. The molecule has 0 bridgehead atoms. The molecule has 4 heterocycles. The molecule has 190 valence electrons. The highest BCUT2D eigenvalue weighted by Gasteiger charge is 2.28. The maximum atomic E-state index is 6.54. The van der Waals surface area contributed by atoms with Crippen LogP contribution in [0.2, 0.25) is 5.02 Å². The van der Waals surface area contributed by atoms with Crippen LogP contribution in [0.5, 0.6) is 0 Å². The van der Waals surface area contributed by atoms with Crippen molar-refractivity contribution in [3.05, 3.63) is 35.5 Å². The van der Waals surface area contributed by atoms with Gasteiger partial charge in [-0.05, 0) is 63.1 Å². The van der Waals surface area contributed by atoms with E-state index in [2.05, 4.69) is 20.9 Å². The average molecular weight is 501 g/mol. The van der Waals surface area contributed by atoms with Crippen LogP contribution < -0.4 is 21.7 Å². The molecule has 2 aromatic heterocycles. The van der Waals surface area contributed by atoms with Crippen molar-refractivity contribution in [2.45, 2.75) is 68.6 Å². The van der Waals surface area contributed by atoms with Crippen molar-refractivity contribution < 1.29 is 9.47 Å². The van der Waals surface area contributed by atoms with Gasteiger partial charge in [-0.25, -0.2) is 9.97 Å². The number of aromatic nitrogens is 2. The predicted molar refractivity (Wildman–Crippen MR) is 140 cm³/mol. The minimum atomic E-state index is -0.263. The number of nitrogens with two attached hydrogens (primary N) is 1. The molecule has 0 amide bonds. The molecule has 0 unspecified atom stereocenters. The highest BCUT2D eigenvalue weighted by Crippen LogP contribution is 2.30. The van der Waals surface area contributed by atoms with Crippen LogP contribution in [0.4, 0.5) is 11.6 Å². The number of halogens is 1. The first-order chi connectivity index (χ1) is 17.1. The monoisotopic (exact) mass is 500 g/mol. The first-order valence-corrected chi connectivity index (χ1v) is 13.3. The Hall–Kier alpha value is -1.97. The molecular weight excluding hydrogens is 464 g/mol. The second-order valence-electron chi connectivity index (χ2n) is 10.2. The maximum Gasteiger partial charge on any atom is 0.126 e. The minimum absolute atomic E-state index is 0.263. The van der Waals surface area contributed by atoms with E-state index >= 15 is 0 Å². The number of nitrogens with zero attached hydrogens (tertiary/aromatic N) is 2. The summed E-state index contributed by atoms with van der Waals surface area (Å²) in [6.45, 7) is 3.82. The molecule has 35 heavy (non-hydrogen) atoms. The third kappa shape index (κ3) is 6.62. The summed E-state index contributed by atoms with van der Waals surface area (Å²) in [7, 11) is 0. The Balaban J connectivity index is 1.19. The molecule has 3 aliphatic rings. The molecule has 2 saturated heterocycles. The third-order valence-corrected chi connectivity index (χ3v) is 7.77. The molecular formula is C26H37ClN6O2. The normalized spacial score (nSPS) is 26.4. The molecule has 5 N–H and O–H groups in total. The van der Waals surface area contributed by atoms with Gasteiger partial charge < -0.3 is 31.2 Å². The fraction of sp³-hybridized carbons (Fsp3) is 0.615. The molecule has 1 aliphatic carbocycles. The van der Waals surface area contributed by atoms with Crippen LogP contribution in [0, 0.1) is 0 Å². The Morgan fingerprint density at radius 2 is 1.77 bits per heavy atom. The van der Waals surface area contributed by atoms with Gasteiger partial charge in [-0.1, -0.05) is 17.7 Å². The van der Waals surface area contributed by atoms with E-state index in [0.717, 1.165) is 68.2 Å². The van der Waals surface area contributed by atoms with Crippen LogP contribution in [0.25, 0.3) is 11.3 Å². The lowest BCUT2D eigenvalue weighted by molar-refractivity contribution is 0.0574. The molecule has 1 saturated carbocycles. The molecule has 1 atom stereocenters. The number of pyridine rings is 2. The van der Waals surface area contributed by atoms with E-state index in [1.165, 1.54) is 12.8 Å². The summed E-state index contributed by atoms with van der Waals surface area (Å²) >= 11 is 6.54. The predicted octanol–water partition coefficient (Wildman–Crippen LogP) is 3.82. The van der Waals surface area contributed by atoms with Crippen LogP contribution in [0.3, 0.4) is 0 Å². The SMILES string of the molecule is NC1(CNc2cccc(-c3cc(N[C@H]4CC[C@H](N[C@H]5CCOC5)CC4)ncc3Cl)n2)CCOCC1. The van der Waals surface area contributed by atoms with E-state index < -0.39 is 0 Å². The fourth-order valence-corrected chi connectivity index (χ4v) is 5.43. The van der Waals surface area contributed by atoms with Crippen LogP contribution >= 0.6 is 11.6 Å². The van der Waals surface area contributed by atoms with Crippen molar-refractivity contribution in [3.63, 3.8) is 0 Å². The van der Waals surface area contributed by atoms with Crippen LogP contribution in [0.15, 0.2) is 30.5 Å². The zero-order chi connectivity index (χ0) is 24.1. The summed E-state index contributed by atoms with van der Waals surface area (Å²) in [5.74, 6) is 1.63. The Bertz CT molecular complexity index is 972. The number of nitrogens with one attached hydrogen (secondary N) is 3. The number of rotatable bonds is 8. The van der Waals surface area contributed by atoms with Crippen LogP contribution in [-0.4, -0.2) is 66.6 Å². The maximum absolute atomic E-state index is 6.54. The summed E-state index contributed by atoms with van der Waals surface area (Å²) in [6.07, 6.45) is 9.10. The molecule has 5 rings (SSSR count). The minimum Gasteiger partial charge on any atom is -0.381 e. The molecule has 8 nitrogen and oxygen atoms in total. The quantitative estimate of drug-likeness (QED) is 0.433. The molecule has 3 fully saturated rings. The molecule has 2 aliphatic heterocycles. The lowest BCUT2D eigenvalue weighted by Crippen LogP contribution is -2.50. The zero-order valence-electron chi connectivity index (χ0n) is 20.3. The van der Waals surface area contributed by atoms with E-state index in [1.807, 2.05) is 24.3 Å². The summed E-state index contributed by atoms with van der Waals surface area (Å²) in [5.41, 5.74) is 7.95. The number of hydrogen-bond acceptors (Lipinski definition) is 8. The summed E-state index contributed by atoms with van der Waals surface area (Å²) in [6, 6.07) is 9.46. The Labute approximate surface area is 212 Å². The first kappa shape index (κ1) is 24.7. The number of anilines is 2. The van der Waals surface area contributed by atoms with Gasteiger partial charge in [0.1, 0.15) is 11.6 Å². The lowest BCUT2D eigenvalue weighted by atomic mass is 9.90. The lowest BCUT2D eigenvalue weighted by Gasteiger charge is -2.33. The van der Waals surface area contributed by atoms with Gasteiger partial charge in [0.05, 0.1) is 17.3 Å². The van der Waals surface area contributed by atoms with Gasteiger partial charge in [0.15, 0.2) is 0 Å². The van der Waals surface area contributed by atoms with E-state index in [9.17, 15) is 0 Å². The highest BCUT2D eigenvalue weighted by molar-refractivity contribution is 6.33. The van der Waals surface area contributed by atoms with E-state index in [-0.39, 0.29) is 5.54 Å². The van der Waals surface area contributed by atoms with Crippen LogP contribution in [0.1, 0.15) is 44.9 Å². The van der Waals surface area contributed by atoms with Gasteiger partial charge in [-0.2, -0.15) is 0 Å². The molecule has 2 aromatic rings. The molecule has 0 spiro atoms. The van der Waals surface area contributed by atoms with Gasteiger partial charge in [0.2, 0.25) is 0 Å². The van der Waals surface area contributed by atoms with Crippen molar-refractivity contribution >= 4 is 23.2 Å². The van der Waals surface area contributed by atoms with Gasteiger partial charge >= 0.3 is 0 Å². The fourth-order valence-electron chi connectivity index (χ4n) is 5.23. The largest absolute Gasteiger partial charge is 0.381 e. The second-order valence-corrected chi connectivity index (χ2v) is 10.6. The van der Waals surface area contributed by atoms with Gasteiger partial charge in [0, 0.05) is 61.8 Å². The van der Waals surface area contributed by atoms with Crippen LogP contribution in [-0.2, 0) is 9.47 Å². The topological polar surface area (TPSA) is 106 Å². The summed E-state index contributed by atoms with van der Waals surface area (Å²) in [5, 5.41) is 11.4. The smallest absolute Gasteiger partial charge is 0.126 e. The first-order valence-electron chi connectivity index (χ1n) is 12.9. The third-order valence-electron chi connectivity index (χ3n) is 7.47. The second kappa shape index (κ2) is 11.4. The highest BCUT2D eigenvalue weighted by atomic mass is 35.5. The summed E-state index contributed by atoms with van der Waals surface area (Å²) in [4.78, 5) is 9.35. The average Bonchev–Trinajstić information content (AvgIpc) is 3.39. The van der Waals surface area contributed by atoms with Gasteiger partial charge in [-0.15, -0.1) is 0 Å². The zero-order valence-corrected chi connectivity index (χ0v) is 21.0. The van der Waals surface area contributed by atoms with E-state index in [1.54, 1.807) is 6.20 Å². The van der Waals surface area contributed by atoms with E-state index in [0.29, 0.717) is 42.9 Å². The molecule has 9 heteroatoms. The van der Waals surface area contributed by atoms with Gasteiger partial charge in [0.25, 0.3) is 0 Å². The van der Waals surface area contributed by atoms with Crippen molar-refractivity contribution in [1.29, 1.82) is 0 Å². The van der Waals surface area contributed by atoms with Crippen molar-refractivity contribution in [2.75, 3.05) is 43.6 Å². The van der Waals surface area contributed by atoms with E-state index in [4.69, 9.17) is 31.8 Å². The van der Waals surface area contributed by atoms with Gasteiger partial charge in [-0.3, -0.25) is 0 Å². The van der Waals surface area contributed by atoms with Crippen molar-refractivity contribution in [3.8, 4) is 11.3 Å².